The van der Waals surface area contributed by atoms with Gasteiger partial charge in [0.25, 0.3) is 0 Å². The molecule has 1 aliphatic rings. The second kappa shape index (κ2) is 6.46. The van der Waals surface area contributed by atoms with Gasteiger partial charge in [0.05, 0.1) is 16.2 Å². The fourth-order valence-electron chi connectivity index (χ4n) is 3.36. The maximum absolute atomic E-state index is 12.3. The minimum Gasteiger partial charge on any atom is -0.328 e. The third-order valence-electron chi connectivity index (χ3n) is 4.61. The average Bonchev–Trinajstić information content (AvgIpc) is 2.50. The summed E-state index contributed by atoms with van der Waals surface area (Å²) in [7, 11) is -3.17. The summed E-state index contributed by atoms with van der Waals surface area (Å²) in [5, 5.41) is 0. The molecule has 1 aromatic carbocycles. The summed E-state index contributed by atoms with van der Waals surface area (Å²) in [6.07, 6.45) is 2.81. The molecule has 0 spiro atoms. The van der Waals surface area contributed by atoms with Crippen molar-refractivity contribution in [3.05, 3.63) is 29.8 Å². The largest absolute Gasteiger partial charge is 0.328 e. The minimum atomic E-state index is -3.17. The normalized spacial score (nSPS) is 24.0. The predicted octanol–water partition coefficient (Wildman–Crippen LogP) is 2.14. The number of hydrogen-bond donors (Lipinski definition) is 1. The van der Waals surface area contributed by atoms with Crippen molar-refractivity contribution in [2.24, 2.45) is 5.73 Å². The number of likely N-dealkylation sites (N-methyl/N-ethyl adjacent to an activating group) is 1. The summed E-state index contributed by atoms with van der Waals surface area (Å²) in [6.45, 7) is 6.59. The van der Waals surface area contributed by atoms with E-state index < -0.39 is 9.84 Å². The first-order valence-corrected chi connectivity index (χ1v) is 9.44. The van der Waals surface area contributed by atoms with Gasteiger partial charge in [0, 0.05) is 6.54 Å². The molecule has 0 bridgehead atoms. The molecule has 0 aromatic heterocycles. The van der Waals surface area contributed by atoms with Crippen LogP contribution in [-0.2, 0) is 15.4 Å². The number of unbranched alkanes of at least 4 members (excludes halogenated alkanes) is 1. The van der Waals surface area contributed by atoms with Gasteiger partial charge >= 0.3 is 0 Å². The number of rotatable bonds is 6. The highest BCUT2D eigenvalue weighted by Gasteiger charge is 2.44. The zero-order chi connectivity index (χ0) is 15.5. The van der Waals surface area contributed by atoms with Gasteiger partial charge in [-0.25, -0.2) is 8.42 Å². The second-order valence-electron chi connectivity index (χ2n) is 5.73. The number of nitrogens with zero attached hydrogens (tertiary/aromatic N) is 1. The van der Waals surface area contributed by atoms with E-state index in [9.17, 15) is 8.42 Å². The van der Waals surface area contributed by atoms with Crippen molar-refractivity contribution in [1.82, 2.24) is 4.90 Å². The molecule has 1 heterocycles. The van der Waals surface area contributed by atoms with Crippen LogP contribution in [0.3, 0.4) is 0 Å². The number of nitrogens with two attached hydrogens (primary N) is 1. The SMILES string of the molecule is CCCCN(CC)C1(CN)CCS(=O)(=O)c2ccccc21. The van der Waals surface area contributed by atoms with Crippen LogP contribution in [0.25, 0.3) is 0 Å². The molecule has 1 unspecified atom stereocenters. The van der Waals surface area contributed by atoms with Crippen LogP contribution in [0.1, 0.15) is 38.7 Å². The van der Waals surface area contributed by atoms with Crippen molar-refractivity contribution in [3.63, 3.8) is 0 Å². The fourth-order valence-corrected chi connectivity index (χ4v) is 5.07. The van der Waals surface area contributed by atoms with E-state index >= 15 is 0 Å². The van der Waals surface area contributed by atoms with Crippen LogP contribution < -0.4 is 5.73 Å². The molecule has 0 saturated carbocycles. The van der Waals surface area contributed by atoms with Crippen LogP contribution in [0.2, 0.25) is 0 Å². The first-order valence-electron chi connectivity index (χ1n) is 7.79. The lowest BCUT2D eigenvalue weighted by Crippen LogP contribution is -2.54. The maximum Gasteiger partial charge on any atom is 0.178 e. The standard InChI is InChI=1S/C16H26N2O2S/c1-3-5-11-18(4-2)16(13-17)10-12-21(19,20)15-9-7-6-8-14(15)16/h6-9H,3-5,10-13,17H2,1-2H3. The summed E-state index contributed by atoms with van der Waals surface area (Å²) in [5.41, 5.74) is 6.70. The lowest BCUT2D eigenvalue weighted by atomic mass is 9.84. The summed E-state index contributed by atoms with van der Waals surface area (Å²) in [4.78, 5) is 2.83. The first kappa shape index (κ1) is 16.5. The van der Waals surface area contributed by atoms with E-state index in [1.54, 1.807) is 12.1 Å². The van der Waals surface area contributed by atoms with E-state index in [0.717, 1.165) is 31.5 Å². The molecule has 4 nitrogen and oxygen atoms in total. The van der Waals surface area contributed by atoms with Gasteiger partial charge < -0.3 is 5.73 Å². The molecule has 1 atom stereocenters. The molecule has 0 fully saturated rings. The summed E-state index contributed by atoms with van der Waals surface area (Å²) in [5.74, 6) is 0.184. The van der Waals surface area contributed by atoms with Crippen molar-refractivity contribution in [1.29, 1.82) is 0 Å². The van der Waals surface area contributed by atoms with Crippen LogP contribution in [0, 0.1) is 0 Å². The average molecular weight is 310 g/mol. The Bertz CT molecular complexity index is 586. The number of hydrogen-bond acceptors (Lipinski definition) is 4. The molecule has 2 N–H and O–H groups in total. The topological polar surface area (TPSA) is 63.4 Å². The molecule has 1 aromatic rings. The lowest BCUT2D eigenvalue weighted by Gasteiger charge is -2.46. The van der Waals surface area contributed by atoms with Gasteiger partial charge in [0.15, 0.2) is 9.84 Å². The smallest absolute Gasteiger partial charge is 0.178 e. The van der Waals surface area contributed by atoms with Gasteiger partial charge in [-0.3, -0.25) is 4.90 Å². The van der Waals surface area contributed by atoms with E-state index in [-0.39, 0.29) is 11.3 Å². The molecule has 118 valence electrons. The molecule has 0 amide bonds. The van der Waals surface area contributed by atoms with E-state index in [4.69, 9.17) is 5.73 Å². The van der Waals surface area contributed by atoms with Gasteiger partial charge in [0.1, 0.15) is 0 Å². The molecule has 21 heavy (non-hydrogen) atoms. The third-order valence-corrected chi connectivity index (χ3v) is 6.38. The molecule has 5 heteroatoms. The molecule has 0 saturated heterocycles. The Hall–Kier alpha value is -0.910. The van der Waals surface area contributed by atoms with Gasteiger partial charge in [0.2, 0.25) is 0 Å². The Balaban J connectivity index is 2.53. The monoisotopic (exact) mass is 310 g/mol. The summed E-state index contributed by atoms with van der Waals surface area (Å²) < 4.78 is 24.7. The molecule has 2 rings (SSSR count). The van der Waals surface area contributed by atoms with Crippen molar-refractivity contribution >= 4 is 9.84 Å². The van der Waals surface area contributed by atoms with Crippen molar-refractivity contribution in [2.45, 2.75) is 43.5 Å². The van der Waals surface area contributed by atoms with Crippen LogP contribution in [-0.4, -0.2) is 38.7 Å². The van der Waals surface area contributed by atoms with Gasteiger partial charge in [-0.05, 0) is 37.6 Å². The molecule has 0 aliphatic carbocycles. The highest BCUT2D eigenvalue weighted by Crippen LogP contribution is 2.40. The van der Waals surface area contributed by atoms with E-state index in [1.807, 2.05) is 12.1 Å². The van der Waals surface area contributed by atoms with Crippen LogP contribution >= 0.6 is 0 Å². The zero-order valence-electron chi connectivity index (χ0n) is 13.0. The molecule has 0 radical (unpaired) electrons. The van der Waals surface area contributed by atoms with Gasteiger partial charge in [-0.15, -0.1) is 0 Å². The van der Waals surface area contributed by atoms with Crippen molar-refractivity contribution < 1.29 is 8.42 Å². The van der Waals surface area contributed by atoms with Crippen molar-refractivity contribution in [3.8, 4) is 0 Å². The Morgan fingerprint density at radius 3 is 2.62 bits per heavy atom. The van der Waals surface area contributed by atoms with E-state index in [1.165, 1.54) is 0 Å². The Kier molecular flexibility index (Phi) is 5.07. The summed E-state index contributed by atoms with van der Waals surface area (Å²) in [6, 6.07) is 7.37. The fraction of sp³-hybridized carbons (Fsp3) is 0.625. The summed E-state index contributed by atoms with van der Waals surface area (Å²) >= 11 is 0. The van der Waals surface area contributed by atoms with E-state index in [0.29, 0.717) is 17.9 Å². The van der Waals surface area contributed by atoms with Crippen molar-refractivity contribution in [2.75, 3.05) is 25.4 Å². The third kappa shape index (κ3) is 2.87. The second-order valence-corrected chi connectivity index (χ2v) is 7.81. The number of sulfone groups is 1. The Labute approximate surface area is 128 Å². The van der Waals surface area contributed by atoms with Gasteiger partial charge in [-0.2, -0.15) is 0 Å². The number of benzene rings is 1. The highest BCUT2D eigenvalue weighted by molar-refractivity contribution is 7.91. The van der Waals surface area contributed by atoms with Crippen LogP contribution in [0.15, 0.2) is 29.2 Å². The molecule has 1 aliphatic heterocycles. The highest BCUT2D eigenvalue weighted by atomic mass is 32.2. The first-order chi connectivity index (χ1) is 10.0. The predicted molar refractivity (Wildman–Crippen MR) is 86.0 cm³/mol. The van der Waals surface area contributed by atoms with Crippen LogP contribution in [0.4, 0.5) is 0 Å². The lowest BCUT2D eigenvalue weighted by molar-refractivity contribution is 0.0873. The quantitative estimate of drug-likeness (QED) is 0.874. The van der Waals surface area contributed by atoms with Gasteiger partial charge in [-0.1, -0.05) is 38.5 Å². The van der Waals surface area contributed by atoms with E-state index in [2.05, 4.69) is 18.7 Å². The molecular formula is C16H26N2O2S. The van der Waals surface area contributed by atoms with Crippen LogP contribution in [0.5, 0.6) is 0 Å². The Morgan fingerprint density at radius 2 is 2.00 bits per heavy atom. The molecular weight excluding hydrogens is 284 g/mol. The Morgan fingerprint density at radius 1 is 1.29 bits per heavy atom. The maximum atomic E-state index is 12.3. The minimum absolute atomic E-state index is 0.184. The zero-order valence-corrected chi connectivity index (χ0v) is 13.8. The number of fused-ring (bicyclic) bond motifs is 1.